The van der Waals surface area contributed by atoms with Crippen LogP contribution in [-0.2, 0) is 4.79 Å². The fourth-order valence-electron chi connectivity index (χ4n) is 2.95. The molecule has 0 saturated carbocycles. The Bertz CT molecular complexity index is 465. The topological polar surface area (TPSA) is 49.8 Å². The highest BCUT2D eigenvalue weighted by Gasteiger charge is 2.33. The van der Waals surface area contributed by atoms with Crippen molar-refractivity contribution in [2.24, 2.45) is 0 Å². The van der Waals surface area contributed by atoms with E-state index in [2.05, 4.69) is 0 Å². The van der Waals surface area contributed by atoms with Gasteiger partial charge in [-0.15, -0.1) is 0 Å². The third-order valence-corrected chi connectivity index (χ3v) is 4.09. The predicted octanol–water partition coefficient (Wildman–Crippen LogP) is 2.52. The molecule has 0 spiro atoms. The molecule has 0 bridgehead atoms. The van der Waals surface area contributed by atoms with Crippen molar-refractivity contribution >= 4 is 5.91 Å². The number of piperidine rings is 1. The fraction of sp³-hybridized carbons (Fsp3) is 0.562. The number of rotatable bonds is 3. The van der Waals surface area contributed by atoms with Gasteiger partial charge in [0.25, 0.3) is 5.91 Å². The Morgan fingerprint density at radius 1 is 1.35 bits per heavy atom. The Hall–Kier alpha value is -1.55. The molecule has 1 aromatic rings. The smallest absolute Gasteiger partial charge is 0.256 e. The quantitative estimate of drug-likeness (QED) is 0.923. The Morgan fingerprint density at radius 3 is 2.60 bits per heavy atom. The minimum absolute atomic E-state index is 0.187. The number of benzene rings is 1. The van der Waals surface area contributed by atoms with Crippen molar-refractivity contribution in [2.75, 3.05) is 7.11 Å². The van der Waals surface area contributed by atoms with E-state index in [4.69, 9.17) is 4.74 Å². The lowest BCUT2D eigenvalue weighted by atomic mass is 9.96. The van der Waals surface area contributed by atoms with E-state index in [0.717, 1.165) is 19.3 Å². The maximum atomic E-state index is 12.6. The highest BCUT2D eigenvalue weighted by molar-refractivity contribution is 5.82. The first-order valence-corrected chi connectivity index (χ1v) is 7.18. The van der Waals surface area contributed by atoms with Crippen molar-refractivity contribution in [1.82, 2.24) is 4.90 Å². The lowest BCUT2D eigenvalue weighted by Crippen LogP contribution is -2.49. The number of amides is 1. The number of hydrogen-bond acceptors (Lipinski definition) is 3. The average molecular weight is 277 g/mol. The highest BCUT2D eigenvalue weighted by Crippen LogP contribution is 2.27. The number of aliphatic hydroxyl groups is 1. The van der Waals surface area contributed by atoms with Gasteiger partial charge in [0.2, 0.25) is 0 Å². The summed E-state index contributed by atoms with van der Waals surface area (Å²) in [4.78, 5) is 14.4. The number of ether oxygens (including phenoxy) is 1. The van der Waals surface area contributed by atoms with Crippen LogP contribution >= 0.6 is 0 Å². The van der Waals surface area contributed by atoms with Gasteiger partial charge < -0.3 is 14.7 Å². The van der Waals surface area contributed by atoms with Crippen LogP contribution in [0.2, 0.25) is 0 Å². The molecule has 0 aromatic heterocycles. The van der Waals surface area contributed by atoms with Gasteiger partial charge in [-0.25, -0.2) is 0 Å². The SMILES string of the molecule is COc1cccc(C(O)C(=O)N2C(C)CCCC2C)c1. The Balaban J connectivity index is 2.18. The van der Waals surface area contributed by atoms with Gasteiger partial charge in [0.05, 0.1) is 7.11 Å². The zero-order chi connectivity index (χ0) is 14.7. The maximum Gasteiger partial charge on any atom is 0.256 e. The summed E-state index contributed by atoms with van der Waals surface area (Å²) in [5, 5.41) is 10.4. The van der Waals surface area contributed by atoms with Crippen LogP contribution in [0.3, 0.4) is 0 Å². The lowest BCUT2D eigenvalue weighted by Gasteiger charge is -2.40. The first-order chi connectivity index (χ1) is 9.54. The molecule has 1 heterocycles. The minimum Gasteiger partial charge on any atom is -0.497 e. The molecule has 4 heteroatoms. The molecule has 3 unspecified atom stereocenters. The molecule has 0 radical (unpaired) electrons. The zero-order valence-corrected chi connectivity index (χ0v) is 12.4. The van der Waals surface area contributed by atoms with Crippen molar-refractivity contribution in [3.63, 3.8) is 0 Å². The summed E-state index contributed by atoms with van der Waals surface area (Å²) in [5.41, 5.74) is 0.583. The van der Waals surface area contributed by atoms with E-state index in [1.165, 1.54) is 0 Å². The molecule has 20 heavy (non-hydrogen) atoms. The van der Waals surface area contributed by atoms with Crippen molar-refractivity contribution in [3.8, 4) is 5.75 Å². The summed E-state index contributed by atoms with van der Waals surface area (Å²) in [6, 6.07) is 7.42. The standard InChI is InChI=1S/C16H23NO3/c1-11-6-4-7-12(2)17(11)16(19)15(18)13-8-5-9-14(10-13)20-3/h5,8-12,15,18H,4,6-7H2,1-3H3. The van der Waals surface area contributed by atoms with Gasteiger partial charge in [0.15, 0.2) is 6.10 Å². The van der Waals surface area contributed by atoms with E-state index in [9.17, 15) is 9.90 Å². The van der Waals surface area contributed by atoms with Crippen molar-refractivity contribution in [2.45, 2.75) is 51.3 Å². The summed E-state index contributed by atoms with van der Waals surface area (Å²) in [6.45, 7) is 4.09. The molecular formula is C16H23NO3. The third-order valence-electron chi connectivity index (χ3n) is 4.09. The molecule has 1 aliphatic heterocycles. The van der Waals surface area contributed by atoms with Crippen molar-refractivity contribution < 1.29 is 14.6 Å². The number of nitrogens with zero attached hydrogens (tertiary/aromatic N) is 1. The number of likely N-dealkylation sites (tertiary alicyclic amines) is 1. The average Bonchev–Trinajstić information content (AvgIpc) is 2.46. The van der Waals surface area contributed by atoms with Crippen molar-refractivity contribution in [1.29, 1.82) is 0 Å². The molecule has 2 rings (SSSR count). The van der Waals surface area contributed by atoms with Crippen LogP contribution in [-0.4, -0.2) is 35.1 Å². The van der Waals surface area contributed by atoms with Gasteiger partial charge >= 0.3 is 0 Å². The summed E-state index contributed by atoms with van der Waals surface area (Å²) in [5.74, 6) is 0.437. The number of methoxy groups -OCH3 is 1. The van der Waals surface area contributed by atoms with E-state index < -0.39 is 6.10 Å². The van der Waals surface area contributed by atoms with Gasteiger partial charge in [-0.3, -0.25) is 4.79 Å². The summed E-state index contributed by atoms with van der Waals surface area (Å²) >= 11 is 0. The first kappa shape index (κ1) is 14.9. The van der Waals surface area contributed by atoms with Crippen molar-refractivity contribution in [3.05, 3.63) is 29.8 Å². The molecular weight excluding hydrogens is 254 g/mol. The number of hydrogen-bond donors (Lipinski definition) is 1. The van der Waals surface area contributed by atoms with Gasteiger partial charge in [-0.1, -0.05) is 12.1 Å². The second-order valence-electron chi connectivity index (χ2n) is 5.55. The highest BCUT2D eigenvalue weighted by atomic mass is 16.5. The summed E-state index contributed by atoms with van der Waals surface area (Å²) in [6.07, 6.45) is 2.02. The minimum atomic E-state index is -1.12. The monoisotopic (exact) mass is 277 g/mol. The van der Waals surface area contributed by atoms with Gasteiger partial charge in [-0.2, -0.15) is 0 Å². The molecule has 1 saturated heterocycles. The molecule has 1 N–H and O–H groups in total. The van der Waals surface area contributed by atoms with Crippen LogP contribution in [0.1, 0.15) is 44.8 Å². The predicted molar refractivity (Wildman–Crippen MR) is 77.6 cm³/mol. The molecule has 3 atom stereocenters. The van der Waals surface area contributed by atoms with Crippen LogP contribution in [0.5, 0.6) is 5.75 Å². The number of carbonyl (C=O) groups is 1. The Labute approximate surface area is 120 Å². The second kappa shape index (κ2) is 6.27. The molecule has 1 fully saturated rings. The van der Waals surface area contributed by atoms with Crippen LogP contribution in [0.4, 0.5) is 0 Å². The summed E-state index contributed by atoms with van der Waals surface area (Å²) in [7, 11) is 1.57. The third kappa shape index (κ3) is 2.96. The number of aliphatic hydroxyl groups excluding tert-OH is 1. The Morgan fingerprint density at radius 2 is 2.00 bits per heavy atom. The molecule has 1 amide bonds. The van der Waals surface area contributed by atoms with Crippen LogP contribution in [0.25, 0.3) is 0 Å². The van der Waals surface area contributed by atoms with Crippen LogP contribution in [0, 0.1) is 0 Å². The van der Waals surface area contributed by atoms with E-state index in [1.54, 1.807) is 31.4 Å². The van der Waals surface area contributed by atoms with Crippen LogP contribution < -0.4 is 4.74 Å². The summed E-state index contributed by atoms with van der Waals surface area (Å²) < 4.78 is 5.14. The number of carbonyl (C=O) groups excluding carboxylic acids is 1. The molecule has 0 aliphatic carbocycles. The lowest BCUT2D eigenvalue weighted by molar-refractivity contribution is -0.146. The molecule has 4 nitrogen and oxygen atoms in total. The molecule has 1 aromatic carbocycles. The second-order valence-corrected chi connectivity index (χ2v) is 5.55. The van der Waals surface area contributed by atoms with Gasteiger partial charge in [-0.05, 0) is 50.8 Å². The normalized spacial score (nSPS) is 24.3. The molecule has 1 aliphatic rings. The van der Waals surface area contributed by atoms with Crippen LogP contribution in [0.15, 0.2) is 24.3 Å². The van der Waals surface area contributed by atoms with Gasteiger partial charge in [0, 0.05) is 12.1 Å². The van der Waals surface area contributed by atoms with Gasteiger partial charge in [0.1, 0.15) is 5.75 Å². The maximum absolute atomic E-state index is 12.6. The fourth-order valence-corrected chi connectivity index (χ4v) is 2.95. The van der Waals surface area contributed by atoms with E-state index in [0.29, 0.717) is 11.3 Å². The van der Waals surface area contributed by atoms with E-state index in [-0.39, 0.29) is 18.0 Å². The first-order valence-electron chi connectivity index (χ1n) is 7.18. The zero-order valence-electron chi connectivity index (χ0n) is 12.4. The van der Waals surface area contributed by atoms with E-state index in [1.807, 2.05) is 18.7 Å². The largest absolute Gasteiger partial charge is 0.497 e. The Kier molecular flexibility index (Phi) is 4.65. The molecule has 110 valence electrons. The van der Waals surface area contributed by atoms with E-state index >= 15 is 0 Å².